The predicted molar refractivity (Wildman–Crippen MR) is 90.6 cm³/mol. The van der Waals surface area contributed by atoms with Gasteiger partial charge < -0.3 is 9.80 Å². The second-order valence-corrected chi connectivity index (χ2v) is 6.70. The summed E-state index contributed by atoms with van der Waals surface area (Å²) in [6.07, 6.45) is -4.40. The monoisotopic (exact) mass is 370 g/mol. The van der Waals surface area contributed by atoms with E-state index in [2.05, 4.69) is 15.2 Å². The number of thiazole rings is 1. The third-order valence-electron chi connectivity index (χ3n) is 3.99. The molecule has 1 aliphatic rings. The number of benzene rings is 1. The van der Waals surface area contributed by atoms with Gasteiger partial charge in [0.25, 0.3) is 0 Å². The summed E-state index contributed by atoms with van der Waals surface area (Å²) in [4.78, 5) is 20.3. The van der Waals surface area contributed by atoms with E-state index in [1.807, 2.05) is 7.05 Å². The average molecular weight is 370 g/mol. The second kappa shape index (κ2) is 7.01. The molecule has 1 fully saturated rings. The van der Waals surface area contributed by atoms with Gasteiger partial charge in [0.1, 0.15) is 0 Å². The summed E-state index contributed by atoms with van der Waals surface area (Å²) in [6.45, 7) is 2.88. The standard InChI is InChI=1S/C16H17F3N4OS/c1-22-5-7-23(8-6-22)15(24)21-14-20-13(10-25-14)11-3-2-4-12(9-11)16(17,18)19/h2-4,9-10H,5-8H2,1H3,(H,20,21,24). The van der Waals surface area contributed by atoms with Crippen LogP contribution in [0.4, 0.5) is 23.1 Å². The van der Waals surface area contributed by atoms with Crippen LogP contribution in [-0.2, 0) is 6.18 Å². The molecule has 2 amide bonds. The highest BCUT2D eigenvalue weighted by molar-refractivity contribution is 7.14. The molecule has 25 heavy (non-hydrogen) atoms. The Balaban J connectivity index is 1.69. The van der Waals surface area contributed by atoms with Crippen molar-refractivity contribution in [1.29, 1.82) is 0 Å². The molecular formula is C16H17F3N4OS. The lowest BCUT2D eigenvalue weighted by Gasteiger charge is -2.32. The lowest BCUT2D eigenvalue weighted by atomic mass is 10.1. The van der Waals surface area contributed by atoms with E-state index in [-0.39, 0.29) is 6.03 Å². The van der Waals surface area contributed by atoms with Gasteiger partial charge in [-0.2, -0.15) is 13.2 Å². The number of amides is 2. The van der Waals surface area contributed by atoms with Crippen molar-refractivity contribution in [3.63, 3.8) is 0 Å². The normalized spacial score (nSPS) is 16.1. The molecule has 0 aliphatic carbocycles. The topological polar surface area (TPSA) is 48.5 Å². The first-order valence-electron chi connectivity index (χ1n) is 7.70. The van der Waals surface area contributed by atoms with Crippen molar-refractivity contribution in [3.05, 3.63) is 35.2 Å². The van der Waals surface area contributed by atoms with Gasteiger partial charge in [0.15, 0.2) is 5.13 Å². The molecule has 1 saturated heterocycles. The Labute approximate surface area is 147 Å². The minimum absolute atomic E-state index is 0.238. The SMILES string of the molecule is CN1CCN(C(=O)Nc2nc(-c3cccc(C(F)(F)F)c3)cs2)CC1. The number of aromatic nitrogens is 1. The number of urea groups is 1. The van der Waals surface area contributed by atoms with Crippen LogP contribution in [0.1, 0.15) is 5.56 Å². The quantitative estimate of drug-likeness (QED) is 0.879. The number of piperazine rings is 1. The molecule has 3 rings (SSSR count). The summed E-state index contributed by atoms with van der Waals surface area (Å²) in [7, 11) is 2.00. The van der Waals surface area contributed by atoms with Gasteiger partial charge in [0.2, 0.25) is 0 Å². The number of rotatable bonds is 2. The average Bonchev–Trinajstić information content (AvgIpc) is 3.03. The van der Waals surface area contributed by atoms with Crippen molar-refractivity contribution in [2.45, 2.75) is 6.18 Å². The molecule has 0 radical (unpaired) electrons. The summed E-state index contributed by atoms with van der Waals surface area (Å²) in [5.41, 5.74) is 0.0528. The Morgan fingerprint density at radius 2 is 1.96 bits per heavy atom. The number of carbonyl (C=O) groups excluding carboxylic acids is 1. The molecule has 5 nitrogen and oxygen atoms in total. The smallest absolute Gasteiger partial charge is 0.322 e. The fourth-order valence-electron chi connectivity index (χ4n) is 2.50. The molecule has 2 aromatic rings. The summed E-state index contributed by atoms with van der Waals surface area (Å²) in [5.74, 6) is 0. The molecule has 9 heteroatoms. The number of halogens is 3. The van der Waals surface area contributed by atoms with Crippen LogP contribution in [0.15, 0.2) is 29.6 Å². The van der Waals surface area contributed by atoms with E-state index in [1.54, 1.807) is 16.3 Å². The molecule has 1 aromatic heterocycles. The number of nitrogens with zero attached hydrogens (tertiary/aromatic N) is 3. The van der Waals surface area contributed by atoms with Crippen LogP contribution in [0.2, 0.25) is 0 Å². The highest BCUT2D eigenvalue weighted by Gasteiger charge is 2.30. The zero-order valence-electron chi connectivity index (χ0n) is 13.5. The summed E-state index contributed by atoms with van der Waals surface area (Å²) >= 11 is 1.19. The van der Waals surface area contributed by atoms with Gasteiger partial charge in [-0.3, -0.25) is 5.32 Å². The minimum atomic E-state index is -4.40. The zero-order chi connectivity index (χ0) is 18.0. The minimum Gasteiger partial charge on any atom is -0.322 e. The zero-order valence-corrected chi connectivity index (χ0v) is 14.3. The van der Waals surface area contributed by atoms with E-state index in [9.17, 15) is 18.0 Å². The number of alkyl halides is 3. The lowest BCUT2D eigenvalue weighted by molar-refractivity contribution is -0.137. The highest BCUT2D eigenvalue weighted by Crippen LogP contribution is 2.33. The predicted octanol–water partition coefficient (Wildman–Crippen LogP) is 3.61. The van der Waals surface area contributed by atoms with Gasteiger partial charge in [0, 0.05) is 37.1 Å². The van der Waals surface area contributed by atoms with Gasteiger partial charge in [-0.15, -0.1) is 11.3 Å². The number of hydrogen-bond acceptors (Lipinski definition) is 4. The Hall–Kier alpha value is -2.13. The fraction of sp³-hybridized carbons (Fsp3) is 0.375. The van der Waals surface area contributed by atoms with Gasteiger partial charge in [-0.25, -0.2) is 9.78 Å². The Bertz CT molecular complexity index is 754. The van der Waals surface area contributed by atoms with E-state index in [0.717, 1.165) is 25.2 Å². The Morgan fingerprint density at radius 3 is 2.64 bits per heavy atom. The van der Waals surface area contributed by atoms with Crippen LogP contribution < -0.4 is 5.32 Å². The molecule has 2 heterocycles. The van der Waals surface area contributed by atoms with E-state index >= 15 is 0 Å². The molecule has 0 unspecified atom stereocenters. The van der Waals surface area contributed by atoms with Crippen LogP contribution in [0.5, 0.6) is 0 Å². The van der Waals surface area contributed by atoms with Crippen molar-refractivity contribution in [3.8, 4) is 11.3 Å². The third-order valence-corrected chi connectivity index (χ3v) is 4.75. The lowest BCUT2D eigenvalue weighted by Crippen LogP contribution is -2.48. The first-order chi connectivity index (χ1) is 11.8. The van der Waals surface area contributed by atoms with E-state index in [4.69, 9.17) is 0 Å². The summed E-state index contributed by atoms with van der Waals surface area (Å²) in [6, 6.07) is 4.75. The van der Waals surface area contributed by atoms with Crippen LogP contribution in [0, 0.1) is 0 Å². The second-order valence-electron chi connectivity index (χ2n) is 5.84. The molecule has 134 valence electrons. The van der Waals surface area contributed by atoms with Crippen molar-refractivity contribution < 1.29 is 18.0 Å². The Morgan fingerprint density at radius 1 is 1.24 bits per heavy atom. The van der Waals surface area contributed by atoms with Gasteiger partial charge >= 0.3 is 12.2 Å². The van der Waals surface area contributed by atoms with Crippen molar-refractivity contribution in [2.24, 2.45) is 0 Å². The largest absolute Gasteiger partial charge is 0.416 e. The number of nitrogens with one attached hydrogen (secondary N) is 1. The molecule has 1 N–H and O–H groups in total. The number of hydrogen-bond donors (Lipinski definition) is 1. The molecule has 0 bridgehead atoms. The first-order valence-corrected chi connectivity index (χ1v) is 8.58. The Kier molecular flexibility index (Phi) is 4.96. The first kappa shape index (κ1) is 17.7. The van der Waals surface area contributed by atoms with Crippen LogP contribution in [-0.4, -0.2) is 54.0 Å². The molecule has 1 aromatic carbocycles. The highest BCUT2D eigenvalue weighted by atomic mass is 32.1. The van der Waals surface area contributed by atoms with E-state index in [0.29, 0.717) is 29.5 Å². The van der Waals surface area contributed by atoms with Crippen molar-refractivity contribution >= 4 is 22.5 Å². The van der Waals surface area contributed by atoms with E-state index < -0.39 is 11.7 Å². The fourth-order valence-corrected chi connectivity index (χ4v) is 3.21. The van der Waals surface area contributed by atoms with Gasteiger partial charge in [-0.1, -0.05) is 12.1 Å². The molecule has 0 atom stereocenters. The van der Waals surface area contributed by atoms with E-state index in [1.165, 1.54) is 17.4 Å². The molecule has 1 aliphatic heterocycles. The number of carbonyl (C=O) groups is 1. The molecular weight excluding hydrogens is 353 g/mol. The maximum absolute atomic E-state index is 12.8. The third kappa shape index (κ3) is 4.29. The van der Waals surface area contributed by atoms with Crippen molar-refractivity contribution in [1.82, 2.24) is 14.8 Å². The van der Waals surface area contributed by atoms with Crippen LogP contribution in [0.3, 0.4) is 0 Å². The maximum atomic E-state index is 12.8. The number of anilines is 1. The molecule has 0 saturated carbocycles. The van der Waals surface area contributed by atoms with Gasteiger partial charge in [0.05, 0.1) is 11.3 Å². The van der Waals surface area contributed by atoms with Crippen LogP contribution >= 0.6 is 11.3 Å². The van der Waals surface area contributed by atoms with Gasteiger partial charge in [-0.05, 0) is 19.2 Å². The molecule has 0 spiro atoms. The maximum Gasteiger partial charge on any atom is 0.416 e. The van der Waals surface area contributed by atoms with Crippen molar-refractivity contribution in [2.75, 3.05) is 38.5 Å². The van der Waals surface area contributed by atoms with Crippen LogP contribution in [0.25, 0.3) is 11.3 Å². The number of likely N-dealkylation sites (N-methyl/N-ethyl adjacent to an activating group) is 1. The summed E-state index contributed by atoms with van der Waals surface area (Å²) in [5, 5.41) is 4.72. The summed E-state index contributed by atoms with van der Waals surface area (Å²) < 4.78 is 38.4.